The van der Waals surface area contributed by atoms with Crippen LogP contribution in [0.2, 0.25) is 0 Å². The summed E-state index contributed by atoms with van der Waals surface area (Å²) in [6.45, 7) is 3.90. The number of oxazole rings is 1. The third-order valence-corrected chi connectivity index (χ3v) is 2.29. The highest BCUT2D eigenvalue weighted by molar-refractivity contribution is 5.98. The third kappa shape index (κ3) is 2.84. The highest BCUT2D eigenvalue weighted by Gasteiger charge is 2.07. The van der Waals surface area contributed by atoms with Crippen LogP contribution in [0.1, 0.15) is 11.1 Å². The monoisotopic (exact) mass is 231 g/mol. The van der Waals surface area contributed by atoms with Crippen LogP contribution < -0.4 is 10.6 Å². The number of urea groups is 1. The number of aryl methyl sites for hydroxylation is 2. The molecule has 1 aromatic heterocycles. The van der Waals surface area contributed by atoms with E-state index in [1.807, 2.05) is 32.0 Å². The summed E-state index contributed by atoms with van der Waals surface area (Å²) in [4.78, 5) is 15.4. The SMILES string of the molecule is Cc1ccc(C)c(NC(=O)Nc2ncco2)c1. The van der Waals surface area contributed by atoms with Crippen molar-refractivity contribution in [3.05, 3.63) is 41.8 Å². The molecule has 0 spiro atoms. The fraction of sp³-hybridized carbons (Fsp3) is 0.167. The van der Waals surface area contributed by atoms with Gasteiger partial charge >= 0.3 is 12.0 Å². The van der Waals surface area contributed by atoms with E-state index < -0.39 is 0 Å². The van der Waals surface area contributed by atoms with Gasteiger partial charge in [0.1, 0.15) is 6.26 Å². The van der Waals surface area contributed by atoms with Gasteiger partial charge in [-0.05, 0) is 31.0 Å². The van der Waals surface area contributed by atoms with Crippen molar-refractivity contribution in [1.29, 1.82) is 0 Å². The summed E-state index contributed by atoms with van der Waals surface area (Å²) in [5, 5.41) is 5.23. The van der Waals surface area contributed by atoms with Gasteiger partial charge in [-0.15, -0.1) is 0 Å². The predicted octanol–water partition coefficient (Wildman–Crippen LogP) is 2.94. The Hall–Kier alpha value is -2.30. The van der Waals surface area contributed by atoms with Crippen molar-refractivity contribution in [3.8, 4) is 0 Å². The Bertz CT molecular complexity index is 521. The summed E-state index contributed by atoms with van der Waals surface area (Å²) in [5.41, 5.74) is 2.86. The topological polar surface area (TPSA) is 67.2 Å². The lowest BCUT2D eigenvalue weighted by Gasteiger charge is -2.08. The number of hydrogen-bond acceptors (Lipinski definition) is 3. The number of nitrogens with one attached hydrogen (secondary N) is 2. The second-order valence-electron chi connectivity index (χ2n) is 3.73. The van der Waals surface area contributed by atoms with Crippen molar-refractivity contribution in [2.75, 3.05) is 10.6 Å². The van der Waals surface area contributed by atoms with Gasteiger partial charge in [0.2, 0.25) is 0 Å². The van der Waals surface area contributed by atoms with Gasteiger partial charge in [0.05, 0.1) is 6.20 Å². The quantitative estimate of drug-likeness (QED) is 0.835. The number of nitrogens with zero attached hydrogens (tertiary/aromatic N) is 1. The molecule has 2 rings (SSSR count). The normalized spacial score (nSPS) is 10.0. The van der Waals surface area contributed by atoms with Crippen molar-refractivity contribution in [2.24, 2.45) is 0 Å². The van der Waals surface area contributed by atoms with Gasteiger partial charge in [0.25, 0.3) is 0 Å². The van der Waals surface area contributed by atoms with E-state index in [-0.39, 0.29) is 12.0 Å². The Kier molecular flexibility index (Phi) is 3.09. The molecule has 2 N–H and O–H groups in total. The van der Waals surface area contributed by atoms with Gasteiger partial charge in [-0.3, -0.25) is 5.32 Å². The Balaban J connectivity index is 2.05. The molecule has 88 valence electrons. The second kappa shape index (κ2) is 4.69. The van der Waals surface area contributed by atoms with Crippen LogP contribution in [0.25, 0.3) is 0 Å². The fourth-order valence-electron chi connectivity index (χ4n) is 1.41. The van der Waals surface area contributed by atoms with Gasteiger partial charge < -0.3 is 9.73 Å². The maximum Gasteiger partial charge on any atom is 0.327 e. The lowest BCUT2D eigenvalue weighted by atomic mass is 10.1. The van der Waals surface area contributed by atoms with Crippen LogP contribution in [-0.4, -0.2) is 11.0 Å². The highest BCUT2D eigenvalue weighted by atomic mass is 16.4. The standard InChI is InChI=1S/C12H13N3O2/c1-8-3-4-9(2)10(7-8)14-11(16)15-12-13-5-6-17-12/h3-7H,1-2H3,(H2,13,14,15,16). The average molecular weight is 231 g/mol. The van der Waals surface area contributed by atoms with Crippen LogP contribution in [0.5, 0.6) is 0 Å². The summed E-state index contributed by atoms with van der Waals surface area (Å²) < 4.78 is 4.91. The largest absolute Gasteiger partial charge is 0.432 e. The van der Waals surface area contributed by atoms with Gasteiger partial charge in [-0.2, -0.15) is 0 Å². The first kappa shape index (κ1) is 11.2. The predicted molar refractivity (Wildman–Crippen MR) is 65.1 cm³/mol. The highest BCUT2D eigenvalue weighted by Crippen LogP contribution is 2.16. The van der Waals surface area contributed by atoms with Crippen molar-refractivity contribution >= 4 is 17.7 Å². The molecular formula is C12H13N3O2. The average Bonchev–Trinajstić information content (AvgIpc) is 2.76. The van der Waals surface area contributed by atoms with Crippen LogP contribution in [0.4, 0.5) is 16.5 Å². The van der Waals surface area contributed by atoms with Gasteiger partial charge in [-0.25, -0.2) is 9.78 Å². The van der Waals surface area contributed by atoms with Gasteiger partial charge in [0, 0.05) is 5.69 Å². The van der Waals surface area contributed by atoms with E-state index in [0.29, 0.717) is 0 Å². The van der Waals surface area contributed by atoms with Gasteiger partial charge in [-0.1, -0.05) is 12.1 Å². The summed E-state index contributed by atoms with van der Waals surface area (Å²) in [7, 11) is 0. The molecule has 5 nitrogen and oxygen atoms in total. The van der Waals surface area contributed by atoms with Crippen LogP contribution >= 0.6 is 0 Å². The maximum atomic E-state index is 11.6. The van der Waals surface area contributed by atoms with E-state index >= 15 is 0 Å². The molecule has 2 amide bonds. The Morgan fingerprint density at radius 2 is 2.12 bits per heavy atom. The van der Waals surface area contributed by atoms with E-state index in [1.165, 1.54) is 12.5 Å². The summed E-state index contributed by atoms with van der Waals surface area (Å²) >= 11 is 0. The van der Waals surface area contributed by atoms with Crippen molar-refractivity contribution in [3.63, 3.8) is 0 Å². The van der Waals surface area contributed by atoms with Crippen LogP contribution in [0.15, 0.2) is 35.1 Å². The first-order chi connectivity index (χ1) is 8.15. The van der Waals surface area contributed by atoms with Crippen LogP contribution in [0.3, 0.4) is 0 Å². The van der Waals surface area contributed by atoms with E-state index in [2.05, 4.69) is 15.6 Å². The maximum absolute atomic E-state index is 11.6. The number of anilines is 2. The molecule has 1 aromatic carbocycles. The first-order valence-corrected chi connectivity index (χ1v) is 5.20. The zero-order valence-electron chi connectivity index (χ0n) is 9.65. The summed E-state index contributed by atoms with van der Waals surface area (Å²) in [6.07, 6.45) is 2.86. The van der Waals surface area contributed by atoms with Crippen LogP contribution in [-0.2, 0) is 0 Å². The Labute approximate surface area is 98.9 Å². The molecular weight excluding hydrogens is 218 g/mol. The number of rotatable bonds is 2. The van der Waals surface area contributed by atoms with Crippen molar-refractivity contribution in [1.82, 2.24) is 4.98 Å². The lowest BCUT2D eigenvalue weighted by molar-refractivity contribution is 0.261. The molecule has 0 saturated heterocycles. The number of carbonyl (C=O) groups is 1. The van der Waals surface area contributed by atoms with Crippen molar-refractivity contribution in [2.45, 2.75) is 13.8 Å². The molecule has 5 heteroatoms. The third-order valence-electron chi connectivity index (χ3n) is 2.29. The minimum absolute atomic E-state index is 0.174. The van der Waals surface area contributed by atoms with E-state index in [0.717, 1.165) is 16.8 Å². The van der Waals surface area contributed by atoms with Crippen LogP contribution in [0, 0.1) is 13.8 Å². The smallest absolute Gasteiger partial charge is 0.327 e. The molecule has 0 aliphatic heterocycles. The number of hydrogen-bond donors (Lipinski definition) is 2. The minimum atomic E-state index is -0.374. The summed E-state index contributed by atoms with van der Waals surface area (Å²) in [6, 6.07) is 5.65. The molecule has 0 atom stereocenters. The molecule has 0 aliphatic carbocycles. The lowest BCUT2D eigenvalue weighted by Crippen LogP contribution is -2.20. The molecule has 0 saturated carbocycles. The zero-order valence-corrected chi connectivity index (χ0v) is 9.65. The number of amides is 2. The Morgan fingerprint density at radius 1 is 1.29 bits per heavy atom. The second-order valence-corrected chi connectivity index (χ2v) is 3.73. The molecule has 0 fully saturated rings. The molecule has 0 unspecified atom stereocenters. The van der Waals surface area contributed by atoms with Crippen molar-refractivity contribution < 1.29 is 9.21 Å². The van der Waals surface area contributed by atoms with E-state index in [1.54, 1.807) is 0 Å². The molecule has 2 aromatic rings. The molecule has 17 heavy (non-hydrogen) atoms. The number of benzene rings is 1. The number of carbonyl (C=O) groups excluding carboxylic acids is 1. The van der Waals surface area contributed by atoms with E-state index in [9.17, 15) is 4.79 Å². The fourth-order valence-corrected chi connectivity index (χ4v) is 1.41. The minimum Gasteiger partial charge on any atom is -0.432 e. The molecule has 0 aliphatic rings. The Morgan fingerprint density at radius 3 is 2.82 bits per heavy atom. The zero-order chi connectivity index (χ0) is 12.3. The summed E-state index contributed by atoms with van der Waals surface area (Å²) in [5.74, 6) is 0. The first-order valence-electron chi connectivity index (χ1n) is 5.20. The molecule has 1 heterocycles. The molecule has 0 bridgehead atoms. The number of aromatic nitrogens is 1. The van der Waals surface area contributed by atoms with E-state index in [4.69, 9.17) is 4.42 Å². The van der Waals surface area contributed by atoms with Gasteiger partial charge in [0.15, 0.2) is 0 Å². The molecule has 0 radical (unpaired) electrons.